The summed E-state index contributed by atoms with van der Waals surface area (Å²) < 4.78 is 34.5. The minimum absolute atomic E-state index is 0.128. The number of anilines is 1. The van der Waals surface area contributed by atoms with Crippen molar-refractivity contribution < 1.29 is 33.0 Å². The second-order valence-corrected chi connectivity index (χ2v) is 5.31. The molecule has 1 heterocycles. The van der Waals surface area contributed by atoms with E-state index in [2.05, 4.69) is 14.8 Å². The molecule has 0 aromatic heterocycles. The number of alkyl halides is 2. The first-order valence-electron chi connectivity index (χ1n) is 6.94. The number of nitrogens with one attached hydrogen (secondary N) is 1. The van der Waals surface area contributed by atoms with E-state index in [9.17, 15) is 23.5 Å². The van der Waals surface area contributed by atoms with Gasteiger partial charge in [0.15, 0.2) is 11.5 Å². The molecule has 0 saturated heterocycles. The number of aliphatic carboxylic acids is 1. The Balaban J connectivity index is 1.74. The van der Waals surface area contributed by atoms with Crippen LogP contribution >= 0.6 is 0 Å². The van der Waals surface area contributed by atoms with E-state index in [1.54, 1.807) is 12.2 Å². The van der Waals surface area contributed by atoms with Crippen LogP contribution in [0.1, 0.15) is 12.8 Å². The maximum absolute atomic E-state index is 13.0. The van der Waals surface area contributed by atoms with Crippen LogP contribution in [0.15, 0.2) is 30.4 Å². The third kappa shape index (κ3) is 3.10. The van der Waals surface area contributed by atoms with Crippen LogP contribution in [0, 0.1) is 11.8 Å². The zero-order valence-corrected chi connectivity index (χ0v) is 11.8. The number of halogens is 2. The molecule has 2 aliphatic rings. The van der Waals surface area contributed by atoms with E-state index in [4.69, 9.17) is 0 Å². The van der Waals surface area contributed by atoms with Crippen molar-refractivity contribution in [2.45, 2.75) is 19.1 Å². The summed E-state index contributed by atoms with van der Waals surface area (Å²) in [6.45, 7) is 0. The predicted molar refractivity (Wildman–Crippen MR) is 74.3 cm³/mol. The highest BCUT2D eigenvalue weighted by atomic mass is 19.3. The van der Waals surface area contributed by atoms with Crippen molar-refractivity contribution in [3.8, 4) is 11.5 Å². The summed E-state index contributed by atoms with van der Waals surface area (Å²) in [7, 11) is 0. The van der Waals surface area contributed by atoms with E-state index < -0.39 is 30.0 Å². The molecule has 0 spiro atoms. The number of carboxylic acid groups (broad SMARTS) is 1. The first-order chi connectivity index (χ1) is 10.9. The highest BCUT2D eigenvalue weighted by Crippen LogP contribution is 2.42. The van der Waals surface area contributed by atoms with Crippen molar-refractivity contribution in [1.82, 2.24) is 0 Å². The van der Waals surface area contributed by atoms with E-state index in [1.165, 1.54) is 18.2 Å². The van der Waals surface area contributed by atoms with Gasteiger partial charge in [0, 0.05) is 11.8 Å². The number of allylic oxidation sites excluding steroid dienone is 2. The molecular formula is C15H13F2NO5. The quantitative estimate of drug-likeness (QED) is 0.835. The standard InChI is InChI=1S/C15H13F2NO5/c16-15(17)22-11-6-5-8(7-12(11)23-15)18-13(19)9-3-1-2-4-10(9)14(20)21/h1-2,5-7,9-10H,3-4H2,(H,18,19)(H,20,21)/t9-,10+/m1/s1. The van der Waals surface area contributed by atoms with Gasteiger partial charge in [-0.2, -0.15) is 0 Å². The number of hydrogen-bond acceptors (Lipinski definition) is 4. The van der Waals surface area contributed by atoms with E-state index in [0.717, 1.165) is 0 Å². The fraction of sp³-hybridized carbons (Fsp3) is 0.333. The zero-order valence-electron chi connectivity index (χ0n) is 11.8. The number of fused-ring (bicyclic) bond motifs is 1. The van der Waals surface area contributed by atoms with Crippen molar-refractivity contribution in [2.24, 2.45) is 11.8 Å². The molecule has 1 aromatic carbocycles. The molecular weight excluding hydrogens is 312 g/mol. The van der Waals surface area contributed by atoms with Gasteiger partial charge in [-0.25, -0.2) is 0 Å². The lowest BCUT2D eigenvalue weighted by Gasteiger charge is -2.24. The Kier molecular flexibility index (Phi) is 3.67. The molecule has 2 N–H and O–H groups in total. The van der Waals surface area contributed by atoms with Crippen LogP contribution in [0.25, 0.3) is 0 Å². The van der Waals surface area contributed by atoms with Crippen LogP contribution in [0.2, 0.25) is 0 Å². The van der Waals surface area contributed by atoms with Crippen molar-refractivity contribution in [2.75, 3.05) is 5.32 Å². The van der Waals surface area contributed by atoms with Gasteiger partial charge in [-0.3, -0.25) is 9.59 Å². The van der Waals surface area contributed by atoms with Gasteiger partial charge in [0.05, 0.1) is 11.8 Å². The van der Waals surface area contributed by atoms with Gasteiger partial charge < -0.3 is 19.9 Å². The molecule has 0 saturated carbocycles. The van der Waals surface area contributed by atoms with Gasteiger partial charge in [-0.1, -0.05) is 12.2 Å². The van der Waals surface area contributed by atoms with Crippen molar-refractivity contribution in [3.63, 3.8) is 0 Å². The molecule has 23 heavy (non-hydrogen) atoms. The average molecular weight is 325 g/mol. The van der Waals surface area contributed by atoms with Crippen LogP contribution in [0.5, 0.6) is 11.5 Å². The fourth-order valence-corrected chi connectivity index (χ4v) is 2.64. The van der Waals surface area contributed by atoms with E-state index >= 15 is 0 Å². The molecule has 0 radical (unpaired) electrons. The molecule has 1 aliphatic carbocycles. The minimum Gasteiger partial charge on any atom is -0.481 e. The number of carbonyl (C=O) groups excluding carboxylic acids is 1. The number of carboxylic acids is 1. The molecule has 0 unspecified atom stereocenters. The second kappa shape index (κ2) is 5.53. The number of ether oxygens (including phenoxy) is 2. The van der Waals surface area contributed by atoms with Crippen LogP contribution in [0.3, 0.4) is 0 Å². The Hall–Kier alpha value is -2.64. The summed E-state index contributed by atoms with van der Waals surface area (Å²) in [6.07, 6.45) is 0.342. The summed E-state index contributed by atoms with van der Waals surface area (Å²) in [6, 6.07) is 3.85. The summed E-state index contributed by atoms with van der Waals surface area (Å²) in [5, 5.41) is 11.7. The van der Waals surface area contributed by atoms with Crippen LogP contribution < -0.4 is 14.8 Å². The maximum atomic E-state index is 13.0. The average Bonchev–Trinajstić information content (AvgIpc) is 2.80. The summed E-state index contributed by atoms with van der Waals surface area (Å²) in [5.74, 6) is -3.36. The van der Waals surface area contributed by atoms with Gasteiger partial charge in [0.2, 0.25) is 5.91 Å². The maximum Gasteiger partial charge on any atom is 0.586 e. The Morgan fingerprint density at radius 1 is 1.13 bits per heavy atom. The zero-order chi connectivity index (χ0) is 16.6. The Bertz CT molecular complexity index is 688. The summed E-state index contributed by atoms with van der Waals surface area (Å²) >= 11 is 0. The Morgan fingerprint density at radius 2 is 1.78 bits per heavy atom. The lowest BCUT2D eigenvalue weighted by atomic mass is 9.82. The number of rotatable bonds is 3. The molecule has 0 bridgehead atoms. The molecule has 0 fully saturated rings. The normalized spacial score (nSPS) is 24.3. The topological polar surface area (TPSA) is 84.9 Å². The lowest BCUT2D eigenvalue weighted by Crippen LogP contribution is -2.34. The van der Waals surface area contributed by atoms with Crippen molar-refractivity contribution in [3.05, 3.63) is 30.4 Å². The van der Waals surface area contributed by atoms with Crippen LogP contribution in [0.4, 0.5) is 14.5 Å². The Labute approximate surface area is 129 Å². The number of amides is 1. The third-order valence-electron chi connectivity index (χ3n) is 3.76. The van der Waals surface area contributed by atoms with Crippen molar-refractivity contribution >= 4 is 17.6 Å². The monoisotopic (exact) mass is 325 g/mol. The molecule has 8 heteroatoms. The highest BCUT2D eigenvalue weighted by molar-refractivity contribution is 5.95. The van der Waals surface area contributed by atoms with Gasteiger partial charge in [0.1, 0.15) is 0 Å². The number of carbonyl (C=O) groups is 2. The predicted octanol–water partition coefficient (Wildman–Crippen LogP) is 2.61. The van der Waals surface area contributed by atoms with E-state index in [-0.39, 0.29) is 23.6 Å². The molecule has 3 rings (SSSR count). The minimum atomic E-state index is -3.73. The Morgan fingerprint density at radius 3 is 2.48 bits per heavy atom. The first-order valence-corrected chi connectivity index (χ1v) is 6.94. The van der Waals surface area contributed by atoms with E-state index in [0.29, 0.717) is 6.42 Å². The smallest absolute Gasteiger partial charge is 0.481 e. The fourth-order valence-electron chi connectivity index (χ4n) is 2.64. The summed E-state index contributed by atoms with van der Waals surface area (Å²) in [5.41, 5.74) is 0.230. The summed E-state index contributed by atoms with van der Waals surface area (Å²) in [4.78, 5) is 23.5. The van der Waals surface area contributed by atoms with E-state index in [1.807, 2.05) is 0 Å². The van der Waals surface area contributed by atoms with Crippen LogP contribution in [-0.2, 0) is 9.59 Å². The third-order valence-corrected chi connectivity index (χ3v) is 3.76. The van der Waals surface area contributed by atoms with Gasteiger partial charge in [0.25, 0.3) is 0 Å². The van der Waals surface area contributed by atoms with Crippen LogP contribution in [-0.4, -0.2) is 23.3 Å². The molecule has 1 aromatic rings. The molecule has 1 aliphatic heterocycles. The van der Waals surface area contributed by atoms with Gasteiger partial charge in [-0.15, -0.1) is 8.78 Å². The second-order valence-electron chi connectivity index (χ2n) is 5.31. The largest absolute Gasteiger partial charge is 0.586 e. The molecule has 2 atom stereocenters. The number of benzene rings is 1. The molecule has 1 amide bonds. The highest BCUT2D eigenvalue weighted by Gasteiger charge is 2.43. The lowest BCUT2D eigenvalue weighted by molar-refractivity contribution is -0.286. The van der Waals surface area contributed by atoms with Crippen molar-refractivity contribution in [1.29, 1.82) is 0 Å². The van der Waals surface area contributed by atoms with Gasteiger partial charge in [-0.05, 0) is 25.0 Å². The first kappa shape index (κ1) is 15.3. The number of hydrogen-bond donors (Lipinski definition) is 2. The van der Waals surface area contributed by atoms with Gasteiger partial charge >= 0.3 is 12.3 Å². The molecule has 6 nitrogen and oxygen atoms in total. The molecule has 122 valence electrons. The SMILES string of the molecule is O=C(O)[C@H]1CC=CC[C@H]1C(=O)Nc1ccc2c(c1)OC(F)(F)O2.